The lowest BCUT2D eigenvalue weighted by atomic mass is 10.1. The highest BCUT2D eigenvalue weighted by Crippen LogP contribution is 2.29. The Balaban J connectivity index is 1.53. The van der Waals surface area contributed by atoms with Crippen LogP contribution >= 0.6 is 0 Å². The van der Waals surface area contributed by atoms with Crippen molar-refractivity contribution in [3.8, 4) is 0 Å². The normalized spacial score (nSPS) is 23.8. The number of carbonyl (C=O) groups is 2. The van der Waals surface area contributed by atoms with E-state index in [1.807, 2.05) is 0 Å². The third-order valence-electron chi connectivity index (χ3n) is 5.00. The van der Waals surface area contributed by atoms with Crippen LogP contribution in [-0.2, 0) is 9.47 Å². The van der Waals surface area contributed by atoms with E-state index in [-0.39, 0.29) is 18.4 Å². The molecule has 3 heterocycles. The summed E-state index contributed by atoms with van der Waals surface area (Å²) in [7, 11) is 0. The van der Waals surface area contributed by atoms with Gasteiger partial charge >= 0.3 is 0 Å². The first-order chi connectivity index (χ1) is 11.7. The predicted octanol–water partition coefficient (Wildman–Crippen LogP) is 1.51. The Morgan fingerprint density at radius 1 is 0.875 bits per heavy atom. The van der Waals surface area contributed by atoms with Gasteiger partial charge in [0.2, 0.25) is 0 Å². The second-order valence-electron chi connectivity index (χ2n) is 6.69. The summed E-state index contributed by atoms with van der Waals surface area (Å²) in [5.74, 6) is -1.41. The number of benzene rings is 1. The van der Waals surface area contributed by atoms with E-state index in [9.17, 15) is 9.59 Å². The number of carbonyl (C=O) groups excluding carboxylic acids is 2. The monoisotopic (exact) mass is 330 g/mol. The van der Waals surface area contributed by atoms with E-state index in [2.05, 4.69) is 4.90 Å². The number of nitrogens with zero attached hydrogens (tertiary/aromatic N) is 2. The summed E-state index contributed by atoms with van der Waals surface area (Å²) in [6.07, 6.45) is 3.59. The Hall–Kier alpha value is -1.76. The van der Waals surface area contributed by atoms with E-state index in [1.54, 1.807) is 24.3 Å². The van der Waals surface area contributed by atoms with Gasteiger partial charge in [-0.15, -0.1) is 0 Å². The van der Waals surface area contributed by atoms with Gasteiger partial charge in [-0.2, -0.15) is 0 Å². The van der Waals surface area contributed by atoms with Gasteiger partial charge < -0.3 is 9.47 Å². The van der Waals surface area contributed by atoms with Crippen LogP contribution in [0.4, 0.5) is 0 Å². The average Bonchev–Trinajstić information content (AvgIpc) is 3.16. The van der Waals surface area contributed by atoms with E-state index in [0.717, 1.165) is 13.1 Å². The van der Waals surface area contributed by atoms with Gasteiger partial charge in [0, 0.05) is 0 Å². The summed E-state index contributed by atoms with van der Waals surface area (Å²) < 4.78 is 11.8. The fraction of sp³-hybridized carbons (Fsp3) is 0.556. The molecule has 0 atom stereocenters. The number of piperidine rings is 1. The Kier molecular flexibility index (Phi) is 4.12. The number of rotatable bonds is 4. The second kappa shape index (κ2) is 6.27. The molecule has 0 aromatic heterocycles. The number of likely N-dealkylation sites (tertiary alicyclic amines) is 1. The molecule has 0 bridgehead atoms. The van der Waals surface area contributed by atoms with Gasteiger partial charge in [0.1, 0.15) is 0 Å². The minimum atomic E-state index is -0.898. The predicted molar refractivity (Wildman–Crippen MR) is 86.7 cm³/mol. The highest BCUT2D eigenvalue weighted by atomic mass is 16.7. The van der Waals surface area contributed by atoms with E-state index >= 15 is 0 Å². The zero-order chi connectivity index (χ0) is 16.6. The molecule has 4 rings (SSSR count). The molecule has 0 saturated carbocycles. The van der Waals surface area contributed by atoms with Crippen LogP contribution in [0.25, 0.3) is 0 Å². The number of ether oxygens (including phenoxy) is 2. The first-order valence-electron chi connectivity index (χ1n) is 8.64. The molecule has 2 saturated heterocycles. The number of fused-ring (bicyclic) bond motifs is 1. The van der Waals surface area contributed by atoms with Gasteiger partial charge in [-0.25, -0.2) is 0 Å². The summed E-state index contributed by atoms with van der Waals surface area (Å²) in [5, 5.41) is 0. The molecule has 0 N–H and O–H groups in total. The van der Waals surface area contributed by atoms with Crippen LogP contribution in [0.5, 0.6) is 0 Å². The molecule has 3 aliphatic rings. The molecule has 1 aromatic carbocycles. The molecule has 0 radical (unpaired) electrons. The molecule has 128 valence electrons. The number of hydrogen-bond donors (Lipinski definition) is 0. The molecule has 0 unspecified atom stereocenters. The van der Waals surface area contributed by atoms with Crippen LogP contribution in [0.1, 0.15) is 40.0 Å². The highest BCUT2D eigenvalue weighted by Gasteiger charge is 2.46. The van der Waals surface area contributed by atoms with Crippen molar-refractivity contribution in [2.75, 3.05) is 39.4 Å². The maximum Gasteiger partial charge on any atom is 0.261 e. The van der Waals surface area contributed by atoms with Crippen molar-refractivity contribution in [2.45, 2.75) is 25.0 Å². The maximum absolute atomic E-state index is 12.6. The second-order valence-corrected chi connectivity index (χ2v) is 6.69. The topological polar surface area (TPSA) is 59.1 Å². The first kappa shape index (κ1) is 15.7. The third-order valence-corrected chi connectivity index (χ3v) is 5.00. The molecule has 3 aliphatic heterocycles. The SMILES string of the molecule is O=C1c2ccccc2C(=O)N1CC1(CN2CCCCC2)OCCO1. The van der Waals surface area contributed by atoms with Gasteiger partial charge in [0.25, 0.3) is 11.8 Å². The minimum Gasteiger partial charge on any atom is -0.345 e. The van der Waals surface area contributed by atoms with Crippen molar-refractivity contribution in [3.63, 3.8) is 0 Å². The molecule has 24 heavy (non-hydrogen) atoms. The fourth-order valence-electron chi connectivity index (χ4n) is 3.81. The van der Waals surface area contributed by atoms with Gasteiger partial charge in [-0.05, 0) is 38.1 Å². The van der Waals surface area contributed by atoms with Crippen molar-refractivity contribution in [1.29, 1.82) is 0 Å². The molecule has 0 aliphatic carbocycles. The number of hydrogen-bond acceptors (Lipinski definition) is 5. The average molecular weight is 330 g/mol. The van der Waals surface area contributed by atoms with E-state index in [0.29, 0.717) is 30.9 Å². The molecule has 1 aromatic rings. The van der Waals surface area contributed by atoms with Crippen LogP contribution < -0.4 is 0 Å². The van der Waals surface area contributed by atoms with Crippen molar-refractivity contribution in [3.05, 3.63) is 35.4 Å². The standard InChI is InChI=1S/C18H22N2O4/c21-16-14-6-2-3-7-15(14)17(22)20(16)13-18(23-10-11-24-18)12-19-8-4-1-5-9-19/h2-3,6-7H,1,4-5,8-13H2. The largest absolute Gasteiger partial charge is 0.345 e. The Morgan fingerprint density at radius 3 is 2.04 bits per heavy atom. The Bertz CT molecular complexity index is 613. The summed E-state index contributed by atoms with van der Waals surface area (Å²) in [6.45, 7) is 3.76. The summed E-state index contributed by atoms with van der Waals surface area (Å²) in [5.41, 5.74) is 0.933. The number of imide groups is 1. The number of amides is 2. The molecule has 2 amide bonds. The molecule has 6 heteroatoms. The molecule has 0 spiro atoms. The highest BCUT2D eigenvalue weighted by molar-refractivity contribution is 6.21. The van der Waals surface area contributed by atoms with E-state index in [1.165, 1.54) is 24.2 Å². The van der Waals surface area contributed by atoms with Crippen molar-refractivity contribution in [1.82, 2.24) is 9.80 Å². The third kappa shape index (κ3) is 2.75. The lowest BCUT2D eigenvalue weighted by molar-refractivity contribution is -0.176. The summed E-state index contributed by atoms with van der Waals surface area (Å²) >= 11 is 0. The van der Waals surface area contributed by atoms with Crippen molar-refractivity contribution >= 4 is 11.8 Å². The minimum absolute atomic E-state index is 0.149. The van der Waals surface area contributed by atoms with Crippen molar-refractivity contribution < 1.29 is 19.1 Å². The van der Waals surface area contributed by atoms with E-state index < -0.39 is 5.79 Å². The van der Waals surface area contributed by atoms with Crippen LogP contribution in [0.2, 0.25) is 0 Å². The van der Waals surface area contributed by atoms with Gasteiger partial charge in [0.05, 0.1) is 37.4 Å². The zero-order valence-corrected chi connectivity index (χ0v) is 13.7. The summed E-state index contributed by atoms with van der Waals surface area (Å²) in [6, 6.07) is 6.95. The van der Waals surface area contributed by atoms with Crippen LogP contribution in [-0.4, -0.2) is 66.8 Å². The van der Waals surface area contributed by atoms with Crippen molar-refractivity contribution in [2.24, 2.45) is 0 Å². The van der Waals surface area contributed by atoms with Crippen LogP contribution in [0.3, 0.4) is 0 Å². The zero-order valence-electron chi connectivity index (χ0n) is 13.7. The molecule has 2 fully saturated rings. The van der Waals surface area contributed by atoms with Crippen LogP contribution in [0, 0.1) is 0 Å². The van der Waals surface area contributed by atoms with Crippen LogP contribution in [0.15, 0.2) is 24.3 Å². The fourth-order valence-corrected chi connectivity index (χ4v) is 3.81. The van der Waals surface area contributed by atoms with Gasteiger partial charge in [-0.1, -0.05) is 18.6 Å². The molecular weight excluding hydrogens is 308 g/mol. The van der Waals surface area contributed by atoms with Gasteiger partial charge in [-0.3, -0.25) is 19.4 Å². The summed E-state index contributed by atoms with van der Waals surface area (Å²) in [4.78, 5) is 28.8. The smallest absolute Gasteiger partial charge is 0.261 e. The Labute approximate surface area is 141 Å². The maximum atomic E-state index is 12.6. The lowest BCUT2D eigenvalue weighted by Gasteiger charge is -2.37. The first-order valence-corrected chi connectivity index (χ1v) is 8.64. The quantitative estimate of drug-likeness (QED) is 0.783. The molecule has 6 nitrogen and oxygen atoms in total. The molecular formula is C18H22N2O4. The van der Waals surface area contributed by atoms with Gasteiger partial charge in [0.15, 0.2) is 5.79 Å². The van der Waals surface area contributed by atoms with E-state index in [4.69, 9.17) is 9.47 Å². The Morgan fingerprint density at radius 2 is 1.46 bits per heavy atom. The lowest BCUT2D eigenvalue weighted by Crippen LogP contribution is -2.53.